The smallest absolute Gasteiger partial charge is 0.254 e. The number of nitrogens with zero attached hydrogens (tertiary/aromatic N) is 3. The van der Waals surface area contributed by atoms with E-state index in [0.29, 0.717) is 47.8 Å². The quantitative estimate of drug-likeness (QED) is 0.660. The highest BCUT2D eigenvalue weighted by molar-refractivity contribution is 9.10. The van der Waals surface area contributed by atoms with Gasteiger partial charge in [0.25, 0.3) is 10.0 Å². The van der Waals surface area contributed by atoms with Gasteiger partial charge >= 0.3 is 0 Å². The number of rotatable bonds is 4. The Bertz CT molecular complexity index is 1100. The summed E-state index contributed by atoms with van der Waals surface area (Å²) in [5.74, 6) is -0.0943. The summed E-state index contributed by atoms with van der Waals surface area (Å²) < 4.78 is 26.8. The van der Waals surface area contributed by atoms with Crippen molar-refractivity contribution in [1.29, 1.82) is 0 Å². The van der Waals surface area contributed by atoms with Gasteiger partial charge in [-0.15, -0.1) is 4.83 Å². The lowest BCUT2D eigenvalue weighted by atomic mass is 10.1. The van der Waals surface area contributed by atoms with Crippen LogP contribution in [0.4, 0.5) is 11.4 Å². The maximum Gasteiger partial charge on any atom is 0.254 e. The van der Waals surface area contributed by atoms with Gasteiger partial charge in [0.15, 0.2) is 0 Å². The molecule has 0 radical (unpaired) electrons. The van der Waals surface area contributed by atoms with E-state index in [1.54, 1.807) is 16.0 Å². The zero-order valence-electron chi connectivity index (χ0n) is 17.3. The maximum absolute atomic E-state index is 13.2. The van der Waals surface area contributed by atoms with E-state index in [1.807, 2.05) is 37.3 Å². The molecule has 7 nitrogen and oxygen atoms in total. The van der Waals surface area contributed by atoms with Crippen LogP contribution in [0.3, 0.4) is 0 Å². The van der Waals surface area contributed by atoms with Crippen molar-refractivity contribution in [3.8, 4) is 0 Å². The van der Waals surface area contributed by atoms with Gasteiger partial charge in [-0.1, -0.05) is 11.6 Å². The zero-order chi connectivity index (χ0) is 22.3. The van der Waals surface area contributed by atoms with Gasteiger partial charge in [-0.2, -0.15) is 0 Å². The first-order valence-electron chi connectivity index (χ1n) is 10.1. The average molecular weight is 528 g/mol. The van der Waals surface area contributed by atoms with E-state index in [-0.39, 0.29) is 16.8 Å². The summed E-state index contributed by atoms with van der Waals surface area (Å²) in [6.07, 6.45) is 0.702. The molecule has 2 aliphatic rings. The molecule has 166 valence electrons. The molecule has 2 aromatic carbocycles. The predicted octanol–water partition coefficient (Wildman–Crippen LogP) is 3.42. The first kappa shape index (κ1) is 22.5. The Morgan fingerprint density at radius 2 is 1.77 bits per heavy atom. The summed E-state index contributed by atoms with van der Waals surface area (Å²) in [5, 5.41) is 2.40. The predicted molar refractivity (Wildman–Crippen MR) is 126 cm³/mol. The van der Waals surface area contributed by atoms with Crippen LogP contribution >= 0.6 is 27.5 Å². The molecule has 2 heterocycles. The fourth-order valence-electron chi connectivity index (χ4n) is 4.23. The molecule has 0 bridgehead atoms. The standard InChI is InChI=1S/C21H24BrClN4O3S/c1-14-11-16-12-19(22)21(13-20(16)27(14)15(2)28)31(29,30)24-26-9-7-25(8-10-26)18-5-3-17(23)4-6-18/h3-6,12-14,24H,7-11H2,1-2H3/t14-/m0/s1. The Balaban J connectivity index is 1.49. The van der Waals surface area contributed by atoms with Crippen molar-refractivity contribution in [3.05, 3.63) is 51.5 Å². The van der Waals surface area contributed by atoms with Crippen molar-refractivity contribution in [2.75, 3.05) is 36.0 Å². The number of anilines is 2. The third kappa shape index (κ3) is 4.61. The molecule has 0 aromatic heterocycles. The van der Waals surface area contributed by atoms with Crippen molar-refractivity contribution in [1.82, 2.24) is 9.84 Å². The Morgan fingerprint density at radius 3 is 2.39 bits per heavy atom. The third-order valence-corrected chi connectivity index (χ3v) is 8.28. The molecule has 10 heteroatoms. The SMILES string of the molecule is CC(=O)N1c2cc(S(=O)(=O)NN3CCN(c4ccc(Cl)cc4)CC3)c(Br)cc2C[C@@H]1C. The lowest BCUT2D eigenvalue weighted by Crippen LogP contribution is -2.53. The zero-order valence-corrected chi connectivity index (χ0v) is 20.5. The number of hydrogen-bond acceptors (Lipinski definition) is 5. The summed E-state index contributed by atoms with van der Waals surface area (Å²) in [6, 6.07) is 11.0. The van der Waals surface area contributed by atoms with Crippen molar-refractivity contribution in [3.63, 3.8) is 0 Å². The lowest BCUT2D eigenvalue weighted by Gasteiger charge is -2.36. The van der Waals surface area contributed by atoms with Gasteiger partial charge in [0, 0.05) is 60.0 Å². The second-order valence-corrected chi connectivity index (χ2v) is 10.8. The number of hydrogen-bond donors (Lipinski definition) is 1. The van der Waals surface area contributed by atoms with E-state index in [0.717, 1.165) is 11.3 Å². The van der Waals surface area contributed by atoms with Crippen molar-refractivity contribution in [2.45, 2.75) is 31.2 Å². The first-order valence-corrected chi connectivity index (χ1v) is 12.7. The summed E-state index contributed by atoms with van der Waals surface area (Å²) in [5.41, 5.74) is 2.69. The number of nitrogens with one attached hydrogen (secondary N) is 1. The molecule has 1 atom stereocenters. The number of benzene rings is 2. The molecule has 0 aliphatic carbocycles. The highest BCUT2D eigenvalue weighted by Crippen LogP contribution is 2.38. The van der Waals surface area contributed by atoms with Crippen LogP contribution in [0, 0.1) is 0 Å². The Kier molecular flexibility index (Phi) is 6.33. The highest BCUT2D eigenvalue weighted by Gasteiger charge is 2.32. The molecule has 4 rings (SSSR count). The van der Waals surface area contributed by atoms with Gasteiger partial charge < -0.3 is 9.80 Å². The third-order valence-electron chi connectivity index (χ3n) is 5.70. The Hall–Kier alpha value is -1.65. The van der Waals surface area contributed by atoms with Gasteiger partial charge in [-0.25, -0.2) is 13.4 Å². The summed E-state index contributed by atoms with van der Waals surface area (Å²) in [4.78, 5) is 18.8. The molecule has 2 aliphatic heterocycles. The summed E-state index contributed by atoms with van der Waals surface area (Å²) in [6.45, 7) is 5.92. The van der Waals surface area contributed by atoms with Crippen LogP contribution in [0.1, 0.15) is 19.4 Å². The van der Waals surface area contributed by atoms with Crippen LogP contribution in [0.15, 0.2) is 45.8 Å². The number of amides is 1. The fraction of sp³-hybridized carbons (Fsp3) is 0.381. The van der Waals surface area contributed by atoms with Crippen LogP contribution in [-0.2, 0) is 21.2 Å². The largest absolute Gasteiger partial charge is 0.369 e. The molecule has 0 saturated carbocycles. The molecule has 31 heavy (non-hydrogen) atoms. The number of piperazine rings is 1. The van der Waals surface area contributed by atoms with E-state index in [1.165, 1.54) is 6.92 Å². The van der Waals surface area contributed by atoms with Crippen LogP contribution in [0.5, 0.6) is 0 Å². The van der Waals surface area contributed by atoms with Gasteiger partial charge in [0.1, 0.15) is 0 Å². The second kappa shape index (κ2) is 8.71. The van der Waals surface area contributed by atoms with Gasteiger partial charge in [-0.3, -0.25) is 4.79 Å². The average Bonchev–Trinajstić information content (AvgIpc) is 3.03. The second-order valence-electron chi connectivity index (χ2n) is 7.90. The van der Waals surface area contributed by atoms with E-state index in [2.05, 4.69) is 25.7 Å². The number of sulfonamides is 1. The normalized spacial score (nSPS) is 19.5. The molecule has 0 unspecified atom stereocenters. The number of halogens is 2. The Labute approximate surface area is 196 Å². The van der Waals surface area contributed by atoms with Crippen molar-refractivity contribution in [2.24, 2.45) is 0 Å². The number of carbonyl (C=O) groups is 1. The number of carbonyl (C=O) groups excluding carboxylic acids is 1. The lowest BCUT2D eigenvalue weighted by molar-refractivity contribution is -0.116. The molecule has 1 amide bonds. The van der Waals surface area contributed by atoms with Crippen LogP contribution in [0.2, 0.25) is 5.02 Å². The molecular weight excluding hydrogens is 504 g/mol. The molecular formula is C21H24BrClN4O3S. The topological polar surface area (TPSA) is 73.0 Å². The van der Waals surface area contributed by atoms with Crippen molar-refractivity contribution >= 4 is 54.8 Å². The minimum Gasteiger partial charge on any atom is -0.369 e. The number of fused-ring (bicyclic) bond motifs is 1. The van der Waals surface area contributed by atoms with Gasteiger partial charge in [-0.05, 0) is 71.2 Å². The Morgan fingerprint density at radius 1 is 1.13 bits per heavy atom. The van der Waals surface area contributed by atoms with Gasteiger partial charge in [0.05, 0.1) is 4.90 Å². The molecule has 1 N–H and O–H groups in total. The molecule has 1 saturated heterocycles. The van der Waals surface area contributed by atoms with E-state index >= 15 is 0 Å². The van der Waals surface area contributed by atoms with Gasteiger partial charge in [0.2, 0.25) is 5.91 Å². The fourth-order valence-corrected chi connectivity index (χ4v) is 6.59. The molecule has 0 spiro atoms. The molecule has 1 fully saturated rings. The van der Waals surface area contributed by atoms with Crippen LogP contribution < -0.4 is 14.6 Å². The van der Waals surface area contributed by atoms with E-state index in [9.17, 15) is 13.2 Å². The highest BCUT2D eigenvalue weighted by atomic mass is 79.9. The summed E-state index contributed by atoms with van der Waals surface area (Å²) >= 11 is 9.37. The van der Waals surface area contributed by atoms with E-state index in [4.69, 9.17) is 11.6 Å². The monoisotopic (exact) mass is 526 g/mol. The first-order chi connectivity index (χ1) is 14.7. The number of hydrazine groups is 1. The minimum atomic E-state index is -3.81. The van der Waals surface area contributed by atoms with Crippen LogP contribution in [0.25, 0.3) is 0 Å². The minimum absolute atomic E-state index is 0.00579. The van der Waals surface area contributed by atoms with E-state index < -0.39 is 10.0 Å². The maximum atomic E-state index is 13.2. The van der Waals surface area contributed by atoms with Crippen LogP contribution in [-0.4, -0.2) is 51.6 Å². The molecule has 2 aromatic rings. The summed E-state index contributed by atoms with van der Waals surface area (Å²) in [7, 11) is -3.81. The van der Waals surface area contributed by atoms with Crippen molar-refractivity contribution < 1.29 is 13.2 Å².